The minimum absolute atomic E-state index is 0.169. The van der Waals surface area contributed by atoms with Crippen molar-refractivity contribution in [3.8, 4) is 0 Å². The summed E-state index contributed by atoms with van der Waals surface area (Å²) in [6.07, 6.45) is 0.715. The number of aryl methyl sites for hydroxylation is 3. The minimum atomic E-state index is -0.726. The lowest BCUT2D eigenvalue weighted by atomic mass is 10.0. The van der Waals surface area contributed by atoms with Crippen LogP contribution in [0.5, 0.6) is 0 Å². The van der Waals surface area contributed by atoms with Crippen LogP contribution in [0.4, 0.5) is 0 Å². The van der Waals surface area contributed by atoms with Crippen molar-refractivity contribution in [1.82, 2.24) is 14.3 Å². The monoisotopic (exact) mass is 247 g/mol. The summed E-state index contributed by atoms with van der Waals surface area (Å²) in [6.45, 7) is 4.13. The quantitative estimate of drug-likeness (QED) is 0.877. The summed E-state index contributed by atoms with van der Waals surface area (Å²) in [6, 6.07) is 5.89. The van der Waals surface area contributed by atoms with Crippen LogP contribution < -0.4 is 5.69 Å². The van der Waals surface area contributed by atoms with Gasteiger partial charge in [-0.3, -0.25) is 4.57 Å². The maximum absolute atomic E-state index is 11.6. The second-order valence-corrected chi connectivity index (χ2v) is 4.64. The van der Waals surface area contributed by atoms with Gasteiger partial charge in [-0.05, 0) is 19.4 Å². The Morgan fingerprint density at radius 2 is 1.89 bits per heavy atom. The van der Waals surface area contributed by atoms with Gasteiger partial charge in [0, 0.05) is 7.05 Å². The SMILES string of the molecule is Cc1cc(C)cc(C(O)Cn2ncn(C)c2=O)c1. The summed E-state index contributed by atoms with van der Waals surface area (Å²) in [4.78, 5) is 11.6. The van der Waals surface area contributed by atoms with Crippen LogP contribution in [-0.4, -0.2) is 19.5 Å². The standard InChI is InChI=1S/C13H17N3O2/c1-9-4-10(2)6-11(5-9)12(17)7-16-13(18)15(3)8-14-16/h4-6,8,12,17H,7H2,1-3H3. The van der Waals surface area contributed by atoms with E-state index in [1.165, 1.54) is 15.6 Å². The molecule has 1 N–H and O–H groups in total. The van der Waals surface area contributed by atoms with Crippen LogP contribution in [0.15, 0.2) is 29.3 Å². The number of aliphatic hydroxyl groups excluding tert-OH is 1. The van der Waals surface area contributed by atoms with E-state index in [0.717, 1.165) is 16.7 Å². The van der Waals surface area contributed by atoms with Crippen LogP contribution in [0.2, 0.25) is 0 Å². The van der Waals surface area contributed by atoms with E-state index in [-0.39, 0.29) is 12.2 Å². The lowest BCUT2D eigenvalue weighted by molar-refractivity contribution is 0.149. The van der Waals surface area contributed by atoms with Crippen molar-refractivity contribution in [3.05, 3.63) is 51.7 Å². The number of hydrogen-bond donors (Lipinski definition) is 1. The van der Waals surface area contributed by atoms with Gasteiger partial charge in [-0.2, -0.15) is 5.10 Å². The van der Waals surface area contributed by atoms with Crippen LogP contribution in [-0.2, 0) is 13.6 Å². The molecule has 0 aliphatic rings. The van der Waals surface area contributed by atoms with Crippen LogP contribution >= 0.6 is 0 Å². The lowest BCUT2D eigenvalue weighted by Crippen LogP contribution is -2.25. The Bertz CT molecular complexity index is 593. The van der Waals surface area contributed by atoms with Gasteiger partial charge in [-0.1, -0.05) is 29.3 Å². The lowest BCUT2D eigenvalue weighted by Gasteiger charge is -2.12. The number of hydrogen-bond acceptors (Lipinski definition) is 3. The number of benzene rings is 1. The molecule has 1 aromatic carbocycles. The van der Waals surface area contributed by atoms with Gasteiger partial charge in [0.25, 0.3) is 0 Å². The van der Waals surface area contributed by atoms with E-state index < -0.39 is 6.10 Å². The third-order valence-electron chi connectivity index (χ3n) is 2.86. The smallest absolute Gasteiger partial charge is 0.345 e. The molecule has 18 heavy (non-hydrogen) atoms. The van der Waals surface area contributed by atoms with Crippen molar-refractivity contribution < 1.29 is 5.11 Å². The first-order valence-electron chi connectivity index (χ1n) is 5.82. The van der Waals surface area contributed by atoms with E-state index in [2.05, 4.69) is 5.10 Å². The second-order valence-electron chi connectivity index (χ2n) is 4.64. The van der Waals surface area contributed by atoms with Crippen molar-refractivity contribution in [2.45, 2.75) is 26.5 Å². The summed E-state index contributed by atoms with van der Waals surface area (Å²) >= 11 is 0. The van der Waals surface area contributed by atoms with Gasteiger partial charge in [0.15, 0.2) is 0 Å². The van der Waals surface area contributed by atoms with Gasteiger partial charge in [-0.15, -0.1) is 0 Å². The molecule has 1 unspecified atom stereocenters. The normalized spacial score (nSPS) is 12.7. The Kier molecular flexibility index (Phi) is 3.34. The van der Waals surface area contributed by atoms with Crippen molar-refractivity contribution in [2.24, 2.45) is 7.05 Å². The Hall–Kier alpha value is -1.88. The summed E-state index contributed by atoms with van der Waals surface area (Å²) in [5, 5.41) is 14.1. The fourth-order valence-electron chi connectivity index (χ4n) is 2.02. The molecule has 0 fully saturated rings. The predicted molar refractivity (Wildman–Crippen MR) is 68.3 cm³/mol. The molecule has 0 radical (unpaired) electrons. The molecule has 5 nitrogen and oxygen atoms in total. The first-order valence-corrected chi connectivity index (χ1v) is 5.82. The largest absolute Gasteiger partial charge is 0.386 e. The Morgan fingerprint density at radius 3 is 2.39 bits per heavy atom. The molecule has 2 aromatic rings. The maximum atomic E-state index is 11.6. The second kappa shape index (κ2) is 4.78. The third kappa shape index (κ3) is 2.51. The molecule has 0 saturated heterocycles. The zero-order valence-electron chi connectivity index (χ0n) is 10.8. The van der Waals surface area contributed by atoms with Crippen molar-refractivity contribution >= 4 is 0 Å². The molecule has 2 rings (SSSR count). The van der Waals surface area contributed by atoms with E-state index in [9.17, 15) is 9.90 Å². The number of aromatic nitrogens is 3. The van der Waals surface area contributed by atoms with Gasteiger partial charge >= 0.3 is 5.69 Å². The molecule has 0 amide bonds. The van der Waals surface area contributed by atoms with Gasteiger partial charge in [0.2, 0.25) is 0 Å². The highest BCUT2D eigenvalue weighted by atomic mass is 16.3. The molecule has 1 heterocycles. The molecule has 0 spiro atoms. The van der Waals surface area contributed by atoms with Gasteiger partial charge in [0.1, 0.15) is 6.33 Å². The molecule has 1 atom stereocenters. The molecule has 0 bridgehead atoms. The first kappa shape index (κ1) is 12.6. The van der Waals surface area contributed by atoms with Gasteiger partial charge in [0.05, 0.1) is 12.6 Å². The number of aliphatic hydroxyl groups is 1. The highest BCUT2D eigenvalue weighted by molar-refractivity contribution is 5.29. The molecule has 0 aliphatic heterocycles. The van der Waals surface area contributed by atoms with E-state index in [1.54, 1.807) is 7.05 Å². The Balaban J connectivity index is 2.24. The average Bonchev–Trinajstić information content (AvgIpc) is 2.59. The molecule has 0 aliphatic carbocycles. The maximum Gasteiger partial charge on any atom is 0.345 e. The molecule has 0 saturated carbocycles. The molecule has 5 heteroatoms. The van der Waals surface area contributed by atoms with E-state index >= 15 is 0 Å². The highest BCUT2D eigenvalue weighted by Crippen LogP contribution is 2.17. The van der Waals surface area contributed by atoms with Crippen LogP contribution in [0.1, 0.15) is 22.8 Å². The topological polar surface area (TPSA) is 60.0 Å². The molecular weight excluding hydrogens is 230 g/mol. The third-order valence-corrected chi connectivity index (χ3v) is 2.86. The number of rotatable bonds is 3. The first-order chi connectivity index (χ1) is 8.47. The van der Waals surface area contributed by atoms with Crippen molar-refractivity contribution in [3.63, 3.8) is 0 Å². The van der Waals surface area contributed by atoms with Crippen LogP contribution in [0.25, 0.3) is 0 Å². The fourth-order valence-corrected chi connectivity index (χ4v) is 2.02. The van der Waals surface area contributed by atoms with Crippen LogP contribution in [0, 0.1) is 13.8 Å². The Labute approximate surface area is 105 Å². The van der Waals surface area contributed by atoms with Gasteiger partial charge < -0.3 is 5.11 Å². The molecule has 1 aromatic heterocycles. The highest BCUT2D eigenvalue weighted by Gasteiger charge is 2.12. The van der Waals surface area contributed by atoms with Crippen molar-refractivity contribution in [2.75, 3.05) is 0 Å². The molecule has 96 valence electrons. The summed E-state index contributed by atoms with van der Waals surface area (Å²) in [5.74, 6) is 0. The summed E-state index contributed by atoms with van der Waals surface area (Å²) in [5.41, 5.74) is 2.78. The number of nitrogens with zero attached hydrogens (tertiary/aromatic N) is 3. The van der Waals surface area contributed by atoms with Crippen molar-refractivity contribution in [1.29, 1.82) is 0 Å². The predicted octanol–water partition coefficient (Wildman–Crippen LogP) is 0.932. The zero-order valence-corrected chi connectivity index (χ0v) is 10.8. The summed E-state index contributed by atoms with van der Waals surface area (Å²) in [7, 11) is 1.63. The Morgan fingerprint density at radius 1 is 1.28 bits per heavy atom. The van der Waals surface area contributed by atoms with E-state index in [1.807, 2.05) is 32.0 Å². The van der Waals surface area contributed by atoms with Gasteiger partial charge in [-0.25, -0.2) is 9.48 Å². The molecular formula is C13H17N3O2. The van der Waals surface area contributed by atoms with Crippen LogP contribution in [0.3, 0.4) is 0 Å². The average molecular weight is 247 g/mol. The van der Waals surface area contributed by atoms with E-state index in [0.29, 0.717) is 0 Å². The zero-order chi connectivity index (χ0) is 13.3. The fraction of sp³-hybridized carbons (Fsp3) is 0.385. The minimum Gasteiger partial charge on any atom is -0.386 e. The van der Waals surface area contributed by atoms with E-state index in [4.69, 9.17) is 0 Å². The summed E-state index contributed by atoms with van der Waals surface area (Å²) < 4.78 is 2.65.